The fourth-order valence-corrected chi connectivity index (χ4v) is 2.54. The molecule has 0 aromatic carbocycles. The van der Waals surface area contributed by atoms with Crippen molar-refractivity contribution in [2.24, 2.45) is 5.41 Å². The van der Waals surface area contributed by atoms with Gasteiger partial charge in [-0.1, -0.05) is 19.9 Å². The minimum atomic E-state index is -0.255. The first-order valence-corrected chi connectivity index (χ1v) is 6.76. The summed E-state index contributed by atoms with van der Waals surface area (Å²) in [5.41, 5.74) is 2.39. The van der Waals surface area contributed by atoms with Crippen molar-refractivity contribution in [3.05, 3.63) is 36.3 Å². The Morgan fingerprint density at radius 2 is 2.05 bits per heavy atom. The molecule has 2 aliphatic rings. The zero-order valence-electron chi connectivity index (χ0n) is 11.5. The minimum absolute atomic E-state index is 0.255. The Hall–Kier alpha value is -1.39. The molecule has 1 aromatic heterocycles. The van der Waals surface area contributed by atoms with Gasteiger partial charge in [0.15, 0.2) is 6.29 Å². The molecule has 0 radical (unpaired) electrons. The van der Waals surface area contributed by atoms with Crippen LogP contribution in [0.4, 0.5) is 5.69 Å². The van der Waals surface area contributed by atoms with Gasteiger partial charge in [0.1, 0.15) is 0 Å². The van der Waals surface area contributed by atoms with Crippen LogP contribution >= 0.6 is 0 Å². The van der Waals surface area contributed by atoms with Crippen LogP contribution in [0.3, 0.4) is 0 Å². The summed E-state index contributed by atoms with van der Waals surface area (Å²) in [6.07, 6.45) is 8.93. The third-order valence-electron chi connectivity index (χ3n) is 3.52. The van der Waals surface area contributed by atoms with E-state index < -0.39 is 0 Å². The molecule has 2 aliphatic heterocycles. The van der Waals surface area contributed by atoms with Gasteiger partial charge in [-0.15, -0.1) is 0 Å². The van der Waals surface area contributed by atoms with E-state index in [1.807, 2.05) is 12.4 Å². The standard InChI is InChI=1S/C15H20N2O2/c1-15(2)4-3-5-17(11-15)13-8-12(9-16-10-13)14-18-6-7-19-14/h3,5,8-10,14H,4,6-7,11H2,1-2H3. The Kier molecular flexibility index (Phi) is 3.29. The lowest BCUT2D eigenvalue weighted by molar-refractivity contribution is -0.0443. The molecule has 0 atom stereocenters. The van der Waals surface area contributed by atoms with Crippen LogP contribution in [-0.2, 0) is 9.47 Å². The maximum absolute atomic E-state index is 5.52. The minimum Gasteiger partial charge on any atom is -0.347 e. The summed E-state index contributed by atoms with van der Waals surface area (Å²) in [6.45, 7) is 6.88. The molecule has 4 heteroatoms. The SMILES string of the molecule is CC1(C)CC=CN(c2cncc(C3OCCO3)c2)C1. The molecule has 1 saturated heterocycles. The van der Waals surface area contributed by atoms with E-state index in [1.54, 1.807) is 0 Å². The number of pyridine rings is 1. The van der Waals surface area contributed by atoms with E-state index >= 15 is 0 Å². The van der Waals surface area contributed by atoms with Gasteiger partial charge in [-0.25, -0.2) is 0 Å². The Balaban J connectivity index is 1.83. The summed E-state index contributed by atoms with van der Waals surface area (Å²) in [4.78, 5) is 6.56. The van der Waals surface area contributed by atoms with Crippen molar-refractivity contribution in [2.45, 2.75) is 26.6 Å². The van der Waals surface area contributed by atoms with Gasteiger partial charge >= 0.3 is 0 Å². The lowest BCUT2D eigenvalue weighted by atomic mass is 9.86. The summed E-state index contributed by atoms with van der Waals surface area (Å²) in [5.74, 6) is 0. The van der Waals surface area contributed by atoms with Crippen LogP contribution in [0, 0.1) is 5.41 Å². The number of ether oxygens (including phenoxy) is 2. The number of anilines is 1. The molecule has 3 heterocycles. The first kappa shape index (κ1) is 12.6. The molecule has 4 nitrogen and oxygen atoms in total. The van der Waals surface area contributed by atoms with Crippen molar-refractivity contribution in [1.29, 1.82) is 0 Å². The monoisotopic (exact) mass is 260 g/mol. The van der Waals surface area contributed by atoms with E-state index in [4.69, 9.17) is 9.47 Å². The Labute approximate surface area is 114 Å². The number of hydrogen-bond acceptors (Lipinski definition) is 4. The fourth-order valence-electron chi connectivity index (χ4n) is 2.54. The third-order valence-corrected chi connectivity index (χ3v) is 3.52. The average Bonchev–Trinajstić information content (AvgIpc) is 2.92. The molecule has 0 spiro atoms. The van der Waals surface area contributed by atoms with E-state index in [-0.39, 0.29) is 6.29 Å². The van der Waals surface area contributed by atoms with Crippen molar-refractivity contribution in [2.75, 3.05) is 24.7 Å². The molecule has 0 saturated carbocycles. The highest BCUT2D eigenvalue weighted by Crippen LogP contribution is 2.31. The molecule has 19 heavy (non-hydrogen) atoms. The van der Waals surface area contributed by atoms with E-state index in [2.05, 4.69) is 42.1 Å². The van der Waals surface area contributed by atoms with Crippen molar-refractivity contribution < 1.29 is 9.47 Å². The van der Waals surface area contributed by atoms with Gasteiger partial charge in [-0.3, -0.25) is 4.98 Å². The van der Waals surface area contributed by atoms with Crippen LogP contribution in [-0.4, -0.2) is 24.7 Å². The maximum Gasteiger partial charge on any atom is 0.185 e. The van der Waals surface area contributed by atoms with E-state index in [9.17, 15) is 0 Å². The van der Waals surface area contributed by atoms with Gasteiger partial charge < -0.3 is 14.4 Å². The van der Waals surface area contributed by atoms with E-state index in [0.29, 0.717) is 18.6 Å². The molecule has 0 bridgehead atoms. The number of rotatable bonds is 2. The molecular formula is C15H20N2O2. The van der Waals surface area contributed by atoms with Gasteiger partial charge in [-0.2, -0.15) is 0 Å². The Bertz CT molecular complexity index is 479. The highest BCUT2D eigenvalue weighted by atomic mass is 16.7. The topological polar surface area (TPSA) is 34.6 Å². The van der Waals surface area contributed by atoms with Crippen molar-refractivity contribution >= 4 is 5.69 Å². The van der Waals surface area contributed by atoms with Gasteiger partial charge in [0.2, 0.25) is 0 Å². The summed E-state index contributed by atoms with van der Waals surface area (Å²) in [7, 11) is 0. The van der Waals surface area contributed by atoms with Crippen LogP contribution in [0.5, 0.6) is 0 Å². The van der Waals surface area contributed by atoms with Crippen LogP contribution in [0.2, 0.25) is 0 Å². The number of aromatic nitrogens is 1. The third kappa shape index (κ3) is 2.80. The van der Waals surface area contributed by atoms with Gasteiger partial charge in [0.25, 0.3) is 0 Å². The Morgan fingerprint density at radius 1 is 1.26 bits per heavy atom. The first-order valence-electron chi connectivity index (χ1n) is 6.76. The second-order valence-corrected chi connectivity index (χ2v) is 5.93. The smallest absolute Gasteiger partial charge is 0.185 e. The second-order valence-electron chi connectivity index (χ2n) is 5.93. The average molecular weight is 260 g/mol. The summed E-state index contributed by atoms with van der Waals surface area (Å²) < 4.78 is 11.0. The second kappa shape index (κ2) is 4.94. The first-order chi connectivity index (χ1) is 9.14. The molecule has 0 N–H and O–H groups in total. The normalized spacial score (nSPS) is 22.9. The van der Waals surface area contributed by atoms with Crippen LogP contribution < -0.4 is 4.90 Å². The highest BCUT2D eigenvalue weighted by Gasteiger charge is 2.25. The van der Waals surface area contributed by atoms with Crippen molar-refractivity contribution in [3.63, 3.8) is 0 Å². The van der Waals surface area contributed by atoms with Gasteiger partial charge in [0, 0.05) is 24.5 Å². The molecule has 1 aromatic rings. The zero-order valence-corrected chi connectivity index (χ0v) is 11.5. The van der Waals surface area contributed by atoms with Gasteiger partial charge in [0.05, 0.1) is 25.1 Å². The highest BCUT2D eigenvalue weighted by molar-refractivity contribution is 5.50. The molecule has 1 fully saturated rings. The predicted octanol–water partition coefficient (Wildman–Crippen LogP) is 2.88. The molecule has 0 aliphatic carbocycles. The van der Waals surface area contributed by atoms with Crippen molar-refractivity contribution in [3.8, 4) is 0 Å². The van der Waals surface area contributed by atoms with E-state index in [1.165, 1.54) is 0 Å². The van der Waals surface area contributed by atoms with Crippen LogP contribution in [0.25, 0.3) is 0 Å². The summed E-state index contributed by atoms with van der Waals surface area (Å²) >= 11 is 0. The largest absolute Gasteiger partial charge is 0.347 e. The fraction of sp³-hybridized carbons (Fsp3) is 0.533. The lowest BCUT2D eigenvalue weighted by Gasteiger charge is -2.35. The summed E-state index contributed by atoms with van der Waals surface area (Å²) in [5, 5.41) is 0. The number of hydrogen-bond donors (Lipinski definition) is 0. The zero-order chi connectivity index (χ0) is 13.3. The quantitative estimate of drug-likeness (QED) is 0.819. The predicted molar refractivity (Wildman–Crippen MR) is 73.8 cm³/mol. The molecule has 0 unspecified atom stereocenters. The summed E-state index contributed by atoms with van der Waals surface area (Å²) in [6, 6.07) is 2.11. The number of allylic oxidation sites excluding steroid dienone is 1. The van der Waals surface area contributed by atoms with Gasteiger partial charge in [-0.05, 0) is 17.9 Å². The number of nitrogens with zero attached hydrogens (tertiary/aromatic N) is 2. The van der Waals surface area contributed by atoms with Crippen molar-refractivity contribution in [1.82, 2.24) is 4.98 Å². The molecule has 0 amide bonds. The van der Waals surface area contributed by atoms with Crippen LogP contribution in [0.1, 0.15) is 32.1 Å². The molecule has 3 rings (SSSR count). The lowest BCUT2D eigenvalue weighted by Crippen LogP contribution is -2.33. The molecular weight excluding hydrogens is 240 g/mol. The molecule has 102 valence electrons. The van der Waals surface area contributed by atoms with E-state index in [0.717, 1.165) is 24.2 Å². The maximum atomic E-state index is 5.52. The van der Waals surface area contributed by atoms with Crippen LogP contribution in [0.15, 0.2) is 30.7 Å². The Morgan fingerprint density at radius 3 is 2.79 bits per heavy atom.